The predicted molar refractivity (Wildman–Crippen MR) is 87.6 cm³/mol. The van der Waals surface area contributed by atoms with E-state index in [0.717, 1.165) is 45.2 Å². The molecular weight excluding hydrogens is 282 g/mol. The zero-order chi connectivity index (χ0) is 15.3. The average Bonchev–Trinajstić information content (AvgIpc) is 2.92. The molecule has 1 aliphatic heterocycles. The van der Waals surface area contributed by atoms with Gasteiger partial charge >= 0.3 is 0 Å². The number of piperidine rings is 1. The number of aliphatic hydroxyl groups excluding tert-OH is 1. The highest BCUT2D eigenvalue weighted by Crippen LogP contribution is 2.34. The van der Waals surface area contributed by atoms with E-state index < -0.39 is 0 Å². The van der Waals surface area contributed by atoms with Gasteiger partial charge in [0.1, 0.15) is 0 Å². The molecule has 0 radical (unpaired) electrons. The van der Waals surface area contributed by atoms with E-state index in [1.165, 1.54) is 10.4 Å². The van der Waals surface area contributed by atoms with Gasteiger partial charge in [0.05, 0.1) is 0 Å². The van der Waals surface area contributed by atoms with Gasteiger partial charge < -0.3 is 10.0 Å². The van der Waals surface area contributed by atoms with E-state index in [0.29, 0.717) is 6.42 Å². The summed E-state index contributed by atoms with van der Waals surface area (Å²) < 4.78 is 0. The van der Waals surface area contributed by atoms with Crippen LogP contribution in [0.4, 0.5) is 0 Å². The van der Waals surface area contributed by atoms with Crippen molar-refractivity contribution in [1.29, 1.82) is 0 Å². The Kier molecular flexibility index (Phi) is 5.82. The summed E-state index contributed by atoms with van der Waals surface area (Å²) in [6, 6.07) is 2.14. The second kappa shape index (κ2) is 7.41. The van der Waals surface area contributed by atoms with Crippen LogP contribution in [0.3, 0.4) is 0 Å². The third kappa shape index (κ3) is 4.07. The normalized spacial score (nSPS) is 18.0. The number of rotatable bonds is 6. The lowest BCUT2D eigenvalue weighted by atomic mass is 9.77. The van der Waals surface area contributed by atoms with Crippen LogP contribution >= 0.6 is 11.3 Å². The van der Waals surface area contributed by atoms with Gasteiger partial charge in [-0.05, 0) is 61.5 Å². The minimum Gasteiger partial charge on any atom is -0.396 e. The first-order chi connectivity index (χ1) is 10.1. The Labute approximate surface area is 132 Å². The fourth-order valence-electron chi connectivity index (χ4n) is 3.07. The molecule has 2 rings (SSSR count). The summed E-state index contributed by atoms with van der Waals surface area (Å²) in [5, 5.41) is 11.7. The fraction of sp³-hybridized carbons (Fsp3) is 0.706. The van der Waals surface area contributed by atoms with E-state index in [-0.39, 0.29) is 17.9 Å². The molecule has 0 saturated carbocycles. The highest BCUT2D eigenvalue weighted by atomic mass is 32.1. The lowest BCUT2D eigenvalue weighted by Gasteiger charge is -2.40. The minimum absolute atomic E-state index is 0.0604. The molecule has 1 fully saturated rings. The molecule has 1 N–H and O–H groups in total. The molecular formula is C17H27NO2S. The largest absolute Gasteiger partial charge is 0.396 e. The van der Waals surface area contributed by atoms with Crippen molar-refractivity contribution in [2.75, 3.05) is 19.7 Å². The van der Waals surface area contributed by atoms with Gasteiger partial charge in [0.2, 0.25) is 5.91 Å². The van der Waals surface area contributed by atoms with Gasteiger partial charge in [0.15, 0.2) is 0 Å². The average molecular weight is 309 g/mol. The van der Waals surface area contributed by atoms with Gasteiger partial charge in [0.25, 0.3) is 0 Å². The van der Waals surface area contributed by atoms with Gasteiger partial charge in [0, 0.05) is 31.0 Å². The second-order valence-corrected chi connectivity index (χ2v) is 7.27. The molecule has 1 aromatic heterocycles. The number of nitrogens with zero attached hydrogens (tertiary/aromatic N) is 1. The third-order valence-corrected chi connectivity index (χ3v) is 6.11. The van der Waals surface area contributed by atoms with Crippen LogP contribution in [0.1, 0.15) is 49.5 Å². The van der Waals surface area contributed by atoms with Crippen LogP contribution in [0.15, 0.2) is 11.4 Å². The second-order valence-electron chi connectivity index (χ2n) is 6.27. The maximum absolute atomic E-state index is 12.3. The smallest absolute Gasteiger partial charge is 0.222 e. The summed E-state index contributed by atoms with van der Waals surface area (Å²) in [4.78, 5) is 15.7. The van der Waals surface area contributed by atoms with Crippen LogP contribution < -0.4 is 0 Å². The Balaban J connectivity index is 1.74. The molecule has 1 aliphatic rings. The van der Waals surface area contributed by atoms with Gasteiger partial charge in [-0.2, -0.15) is 0 Å². The molecule has 1 aromatic rings. The molecule has 1 amide bonds. The van der Waals surface area contributed by atoms with Crippen LogP contribution in [-0.4, -0.2) is 35.6 Å². The first kappa shape index (κ1) is 16.5. The number of amides is 1. The van der Waals surface area contributed by atoms with Crippen molar-refractivity contribution in [3.63, 3.8) is 0 Å². The molecule has 0 spiro atoms. The summed E-state index contributed by atoms with van der Waals surface area (Å²) in [5.74, 6) is 0.284. The van der Waals surface area contributed by atoms with E-state index in [1.807, 2.05) is 4.90 Å². The number of hydrogen-bond acceptors (Lipinski definition) is 3. The number of carbonyl (C=O) groups is 1. The molecule has 0 atom stereocenters. The number of aliphatic hydroxyl groups is 1. The highest BCUT2D eigenvalue weighted by molar-refractivity contribution is 7.10. The lowest BCUT2D eigenvalue weighted by Crippen LogP contribution is -2.44. The van der Waals surface area contributed by atoms with Gasteiger partial charge in [-0.3, -0.25) is 4.79 Å². The maximum Gasteiger partial charge on any atom is 0.222 e. The standard InChI is InChI=1S/C17H27NO2S/c1-3-17(13-19)8-10-18(11-9-17)16(20)6-4-5-15-14(2)7-12-21-15/h7,12,19H,3-6,8-11,13H2,1-2H3. The predicted octanol–water partition coefficient (Wildman–Crippen LogP) is 3.39. The van der Waals surface area contributed by atoms with Crippen LogP contribution in [0.2, 0.25) is 0 Å². The van der Waals surface area contributed by atoms with E-state index >= 15 is 0 Å². The number of hydrogen-bond donors (Lipinski definition) is 1. The van der Waals surface area contributed by atoms with Crippen molar-refractivity contribution in [3.8, 4) is 0 Å². The molecule has 118 valence electrons. The number of aryl methyl sites for hydroxylation is 2. The van der Waals surface area contributed by atoms with Crippen LogP contribution in [-0.2, 0) is 11.2 Å². The molecule has 0 aliphatic carbocycles. The number of carbonyl (C=O) groups excluding carboxylic acids is 1. The highest BCUT2D eigenvalue weighted by Gasteiger charge is 2.33. The Hall–Kier alpha value is -0.870. The van der Waals surface area contributed by atoms with Crippen LogP contribution in [0.5, 0.6) is 0 Å². The van der Waals surface area contributed by atoms with Crippen molar-refractivity contribution < 1.29 is 9.90 Å². The van der Waals surface area contributed by atoms with Gasteiger partial charge in [-0.1, -0.05) is 6.92 Å². The molecule has 3 nitrogen and oxygen atoms in total. The molecule has 0 bridgehead atoms. The van der Waals surface area contributed by atoms with Crippen molar-refractivity contribution in [3.05, 3.63) is 21.9 Å². The molecule has 1 saturated heterocycles. The van der Waals surface area contributed by atoms with E-state index in [2.05, 4.69) is 25.3 Å². The third-order valence-electron chi connectivity index (χ3n) is 5.02. The summed E-state index contributed by atoms with van der Waals surface area (Å²) in [5.41, 5.74) is 1.41. The molecule has 21 heavy (non-hydrogen) atoms. The van der Waals surface area contributed by atoms with Gasteiger partial charge in [-0.25, -0.2) is 0 Å². The molecule has 4 heteroatoms. The van der Waals surface area contributed by atoms with Gasteiger partial charge in [-0.15, -0.1) is 11.3 Å². The number of likely N-dealkylation sites (tertiary alicyclic amines) is 1. The zero-order valence-electron chi connectivity index (χ0n) is 13.2. The quantitative estimate of drug-likeness (QED) is 0.875. The van der Waals surface area contributed by atoms with E-state index in [9.17, 15) is 9.90 Å². The van der Waals surface area contributed by atoms with E-state index in [4.69, 9.17) is 0 Å². The van der Waals surface area contributed by atoms with Crippen molar-refractivity contribution in [2.45, 2.75) is 52.4 Å². The monoisotopic (exact) mass is 309 g/mol. The SMILES string of the molecule is CCC1(CO)CCN(C(=O)CCCc2sccc2C)CC1. The molecule has 0 unspecified atom stereocenters. The fourth-order valence-corrected chi connectivity index (χ4v) is 4.02. The van der Waals surface area contributed by atoms with E-state index in [1.54, 1.807) is 11.3 Å². The van der Waals surface area contributed by atoms with Crippen molar-refractivity contribution >= 4 is 17.2 Å². The zero-order valence-corrected chi connectivity index (χ0v) is 14.0. The molecule has 2 heterocycles. The molecule has 0 aromatic carbocycles. The minimum atomic E-state index is 0.0604. The summed E-state index contributed by atoms with van der Waals surface area (Å²) in [6.07, 6.45) is 5.48. The summed E-state index contributed by atoms with van der Waals surface area (Å²) in [6.45, 7) is 6.15. The Morgan fingerprint density at radius 3 is 2.67 bits per heavy atom. The first-order valence-corrected chi connectivity index (χ1v) is 8.90. The number of thiophene rings is 1. The Morgan fingerprint density at radius 2 is 2.14 bits per heavy atom. The topological polar surface area (TPSA) is 40.5 Å². The van der Waals surface area contributed by atoms with Crippen LogP contribution in [0.25, 0.3) is 0 Å². The van der Waals surface area contributed by atoms with Crippen LogP contribution in [0, 0.1) is 12.3 Å². The maximum atomic E-state index is 12.3. The Morgan fingerprint density at radius 1 is 1.43 bits per heavy atom. The first-order valence-electron chi connectivity index (χ1n) is 8.02. The Bertz CT molecular complexity index is 455. The summed E-state index contributed by atoms with van der Waals surface area (Å²) in [7, 11) is 0. The summed E-state index contributed by atoms with van der Waals surface area (Å²) >= 11 is 1.79. The van der Waals surface area contributed by atoms with Crippen molar-refractivity contribution in [1.82, 2.24) is 4.90 Å². The lowest BCUT2D eigenvalue weighted by molar-refractivity contribution is -0.134. The van der Waals surface area contributed by atoms with Crippen molar-refractivity contribution in [2.24, 2.45) is 5.41 Å².